The SMILES string of the molecule is CNC(c1cccc(OC(F)(F)F)c1)c1cscn1. The van der Waals surface area contributed by atoms with E-state index in [2.05, 4.69) is 15.0 Å². The lowest BCUT2D eigenvalue weighted by atomic mass is 10.0. The first-order chi connectivity index (χ1) is 8.99. The summed E-state index contributed by atoms with van der Waals surface area (Å²) in [6.07, 6.45) is -4.69. The predicted octanol–water partition coefficient (Wildman–Crippen LogP) is 3.35. The van der Waals surface area contributed by atoms with E-state index in [0.717, 1.165) is 5.69 Å². The minimum Gasteiger partial charge on any atom is -0.406 e. The fourth-order valence-corrected chi connectivity index (χ4v) is 2.32. The summed E-state index contributed by atoms with van der Waals surface area (Å²) in [7, 11) is 1.72. The van der Waals surface area contributed by atoms with Gasteiger partial charge < -0.3 is 10.1 Å². The zero-order valence-electron chi connectivity index (χ0n) is 9.94. The molecule has 0 aliphatic heterocycles. The summed E-state index contributed by atoms with van der Waals surface area (Å²) in [5.74, 6) is -0.236. The molecule has 0 aliphatic rings. The van der Waals surface area contributed by atoms with Crippen LogP contribution in [-0.2, 0) is 0 Å². The molecule has 0 saturated heterocycles. The molecule has 0 bridgehead atoms. The van der Waals surface area contributed by atoms with E-state index >= 15 is 0 Å². The van der Waals surface area contributed by atoms with Crippen molar-refractivity contribution in [2.75, 3.05) is 7.05 Å². The van der Waals surface area contributed by atoms with E-state index in [9.17, 15) is 13.2 Å². The standard InChI is InChI=1S/C12H11F3N2OS/c1-16-11(10-6-19-7-17-10)8-3-2-4-9(5-8)18-12(13,14)15/h2-7,11,16H,1H3. The molecule has 1 unspecified atom stereocenters. The van der Waals surface area contributed by atoms with Gasteiger partial charge in [0.2, 0.25) is 0 Å². The van der Waals surface area contributed by atoms with Crippen molar-refractivity contribution in [2.24, 2.45) is 0 Å². The lowest BCUT2D eigenvalue weighted by Crippen LogP contribution is -2.19. The summed E-state index contributed by atoms with van der Waals surface area (Å²) < 4.78 is 40.5. The number of ether oxygens (including phenoxy) is 1. The highest BCUT2D eigenvalue weighted by Gasteiger charge is 2.31. The van der Waals surface area contributed by atoms with Gasteiger partial charge in [-0.3, -0.25) is 0 Å². The molecule has 0 spiro atoms. The molecule has 2 rings (SSSR count). The van der Waals surface area contributed by atoms with E-state index in [1.54, 1.807) is 18.6 Å². The van der Waals surface area contributed by atoms with Crippen LogP contribution in [-0.4, -0.2) is 18.4 Å². The monoisotopic (exact) mass is 288 g/mol. The third-order valence-corrected chi connectivity index (χ3v) is 3.07. The summed E-state index contributed by atoms with van der Waals surface area (Å²) in [6.45, 7) is 0. The number of rotatable bonds is 4. The molecule has 3 nitrogen and oxygen atoms in total. The molecular formula is C12H11F3N2OS. The van der Waals surface area contributed by atoms with Crippen LogP contribution in [0.25, 0.3) is 0 Å². The van der Waals surface area contributed by atoms with Gasteiger partial charge in [-0.1, -0.05) is 12.1 Å². The molecule has 0 fully saturated rings. The number of halogens is 3. The van der Waals surface area contributed by atoms with E-state index in [1.807, 2.05) is 5.38 Å². The van der Waals surface area contributed by atoms with E-state index in [1.165, 1.54) is 29.5 Å². The Morgan fingerprint density at radius 1 is 1.37 bits per heavy atom. The maximum absolute atomic E-state index is 12.2. The first-order valence-electron chi connectivity index (χ1n) is 5.40. The van der Waals surface area contributed by atoms with Crippen molar-refractivity contribution in [1.82, 2.24) is 10.3 Å². The highest BCUT2D eigenvalue weighted by Crippen LogP contribution is 2.28. The van der Waals surface area contributed by atoms with Crippen LogP contribution < -0.4 is 10.1 Å². The molecule has 0 amide bonds. The van der Waals surface area contributed by atoms with E-state index < -0.39 is 6.36 Å². The number of benzene rings is 1. The molecule has 0 saturated carbocycles. The van der Waals surface area contributed by atoms with Gasteiger partial charge in [-0.15, -0.1) is 24.5 Å². The zero-order valence-corrected chi connectivity index (χ0v) is 10.8. The summed E-state index contributed by atoms with van der Waals surface area (Å²) >= 11 is 1.43. The average molecular weight is 288 g/mol. The smallest absolute Gasteiger partial charge is 0.406 e. The third-order valence-electron chi connectivity index (χ3n) is 2.46. The van der Waals surface area contributed by atoms with E-state index in [-0.39, 0.29) is 11.8 Å². The Balaban J connectivity index is 2.27. The molecule has 0 aliphatic carbocycles. The Kier molecular flexibility index (Phi) is 4.06. The fraction of sp³-hybridized carbons (Fsp3) is 0.250. The maximum atomic E-state index is 12.2. The van der Waals surface area contributed by atoms with Crippen LogP contribution >= 0.6 is 11.3 Å². The van der Waals surface area contributed by atoms with Crippen LogP contribution in [0.4, 0.5) is 13.2 Å². The van der Waals surface area contributed by atoms with Crippen LogP contribution in [0.2, 0.25) is 0 Å². The van der Waals surface area contributed by atoms with Crippen LogP contribution in [0.15, 0.2) is 35.2 Å². The topological polar surface area (TPSA) is 34.1 Å². The van der Waals surface area contributed by atoms with Crippen molar-refractivity contribution in [1.29, 1.82) is 0 Å². The van der Waals surface area contributed by atoms with Crippen molar-refractivity contribution in [3.05, 3.63) is 46.4 Å². The molecule has 1 heterocycles. The Hall–Kier alpha value is -1.60. The van der Waals surface area contributed by atoms with Crippen LogP contribution in [0.3, 0.4) is 0 Å². The number of nitrogens with one attached hydrogen (secondary N) is 1. The molecule has 19 heavy (non-hydrogen) atoms. The van der Waals surface area contributed by atoms with Gasteiger partial charge in [0.1, 0.15) is 5.75 Å². The molecule has 1 aromatic heterocycles. The average Bonchev–Trinajstić information content (AvgIpc) is 2.82. The zero-order chi connectivity index (χ0) is 13.9. The normalized spacial score (nSPS) is 13.3. The van der Waals surface area contributed by atoms with Crippen molar-refractivity contribution in [3.8, 4) is 5.75 Å². The summed E-state index contributed by atoms with van der Waals surface area (Å²) in [5, 5.41) is 4.86. The predicted molar refractivity (Wildman–Crippen MR) is 66.1 cm³/mol. The lowest BCUT2D eigenvalue weighted by molar-refractivity contribution is -0.274. The second-order valence-electron chi connectivity index (χ2n) is 3.76. The maximum Gasteiger partial charge on any atom is 0.573 e. The number of alkyl halides is 3. The molecule has 7 heteroatoms. The van der Waals surface area contributed by atoms with Crippen molar-refractivity contribution >= 4 is 11.3 Å². The van der Waals surface area contributed by atoms with Gasteiger partial charge in [-0.2, -0.15) is 0 Å². The molecule has 1 N–H and O–H groups in total. The number of aromatic nitrogens is 1. The number of hydrogen-bond donors (Lipinski definition) is 1. The van der Waals surface area contributed by atoms with E-state index in [4.69, 9.17) is 0 Å². The van der Waals surface area contributed by atoms with Crippen molar-refractivity contribution in [3.63, 3.8) is 0 Å². The van der Waals surface area contributed by atoms with Crippen molar-refractivity contribution in [2.45, 2.75) is 12.4 Å². The third kappa shape index (κ3) is 3.68. The second kappa shape index (κ2) is 5.58. The minimum absolute atomic E-state index is 0.236. The van der Waals surface area contributed by atoms with Crippen LogP contribution in [0, 0.1) is 0 Å². The highest BCUT2D eigenvalue weighted by atomic mass is 32.1. The molecule has 1 aromatic carbocycles. The van der Waals surface area contributed by atoms with Crippen LogP contribution in [0.1, 0.15) is 17.3 Å². The van der Waals surface area contributed by atoms with Gasteiger partial charge in [0.15, 0.2) is 0 Å². The fourth-order valence-electron chi connectivity index (χ4n) is 1.74. The minimum atomic E-state index is -4.69. The molecular weight excluding hydrogens is 277 g/mol. The van der Waals surface area contributed by atoms with Crippen molar-refractivity contribution < 1.29 is 17.9 Å². The number of nitrogens with zero attached hydrogens (tertiary/aromatic N) is 1. The lowest BCUT2D eigenvalue weighted by Gasteiger charge is -2.16. The summed E-state index contributed by atoms with van der Waals surface area (Å²) in [4.78, 5) is 4.16. The van der Waals surface area contributed by atoms with Gasteiger partial charge in [0.25, 0.3) is 0 Å². The summed E-state index contributed by atoms with van der Waals surface area (Å²) in [5.41, 5.74) is 3.10. The molecule has 102 valence electrons. The highest BCUT2D eigenvalue weighted by molar-refractivity contribution is 7.07. The first kappa shape index (κ1) is 13.8. The Morgan fingerprint density at radius 2 is 2.16 bits per heavy atom. The Bertz CT molecular complexity index is 528. The summed E-state index contributed by atoms with van der Waals surface area (Å²) in [6, 6.07) is 5.61. The molecule has 2 aromatic rings. The Morgan fingerprint density at radius 3 is 2.74 bits per heavy atom. The van der Waals surface area contributed by atoms with Gasteiger partial charge in [-0.25, -0.2) is 4.98 Å². The Labute approximate surface area is 112 Å². The van der Waals surface area contributed by atoms with Gasteiger partial charge >= 0.3 is 6.36 Å². The second-order valence-corrected chi connectivity index (χ2v) is 4.47. The number of thiazole rings is 1. The van der Waals surface area contributed by atoms with Gasteiger partial charge in [0, 0.05) is 5.38 Å². The first-order valence-corrected chi connectivity index (χ1v) is 6.35. The molecule has 0 radical (unpaired) electrons. The van der Waals surface area contributed by atoms with Crippen LogP contribution in [0.5, 0.6) is 5.75 Å². The quantitative estimate of drug-likeness (QED) is 0.937. The molecule has 1 atom stereocenters. The van der Waals surface area contributed by atoms with Gasteiger partial charge in [-0.05, 0) is 24.7 Å². The largest absolute Gasteiger partial charge is 0.573 e. The number of hydrogen-bond acceptors (Lipinski definition) is 4. The van der Waals surface area contributed by atoms with Gasteiger partial charge in [0.05, 0.1) is 17.2 Å². The van der Waals surface area contributed by atoms with E-state index in [0.29, 0.717) is 5.56 Å².